The van der Waals surface area contributed by atoms with Crippen LogP contribution < -0.4 is 10.2 Å². The molecular formula is C32H40ClN9O3Si. The molecule has 2 N–H and O–H groups in total. The molecule has 3 atom stereocenters. The van der Waals surface area contributed by atoms with Gasteiger partial charge < -0.3 is 24.6 Å². The predicted octanol–water partition coefficient (Wildman–Crippen LogP) is 5.96. The first-order chi connectivity index (χ1) is 22.0. The number of fused-ring (bicyclic) bond motifs is 4. The van der Waals surface area contributed by atoms with E-state index in [2.05, 4.69) is 35.0 Å². The number of nitrogens with zero attached hydrogens (tertiary/aromatic N) is 8. The van der Waals surface area contributed by atoms with Crippen LogP contribution in [0, 0.1) is 0 Å². The van der Waals surface area contributed by atoms with Crippen LogP contribution in [0.15, 0.2) is 43.0 Å². The smallest absolute Gasteiger partial charge is 0.404 e. The number of carboxylic acid groups (broad SMARTS) is 1. The van der Waals surface area contributed by atoms with E-state index in [0.717, 1.165) is 76.4 Å². The van der Waals surface area contributed by atoms with Crippen molar-refractivity contribution >= 4 is 53.7 Å². The molecule has 14 heteroatoms. The Morgan fingerprint density at radius 3 is 2.59 bits per heavy atom. The number of aromatic nitrogens is 7. The van der Waals surface area contributed by atoms with Crippen molar-refractivity contribution in [1.82, 2.24) is 39.4 Å². The first-order valence-electron chi connectivity index (χ1n) is 15.9. The predicted molar refractivity (Wildman–Crippen MR) is 181 cm³/mol. The van der Waals surface area contributed by atoms with Crippen LogP contribution in [0.25, 0.3) is 33.2 Å². The van der Waals surface area contributed by atoms with E-state index >= 15 is 0 Å². The van der Waals surface area contributed by atoms with E-state index in [0.29, 0.717) is 24.9 Å². The number of piperidine rings is 1. The molecule has 5 aromatic rings. The van der Waals surface area contributed by atoms with Gasteiger partial charge in [0, 0.05) is 75.0 Å². The third-order valence-corrected chi connectivity index (χ3v) is 11.3. The second kappa shape index (κ2) is 12.0. The molecule has 0 aliphatic carbocycles. The maximum absolute atomic E-state index is 11.3. The van der Waals surface area contributed by atoms with Gasteiger partial charge in [-0.25, -0.2) is 14.8 Å². The lowest BCUT2D eigenvalue weighted by atomic mass is 9.97. The Balaban J connectivity index is 1.23. The van der Waals surface area contributed by atoms with E-state index in [-0.39, 0.29) is 18.1 Å². The summed E-state index contributed by atoms with van der Waals surface area (Å²) in [5.74, 6) is 0.819. The number of nitrogens with one attached hydrogen (secondary N) is 1. The van der Waals surface area contributed by atoms with E-state index in [1.54, 1.807) is 4.68 Å². The van der Waals surface area contributed by atoms with Crippen molar-refractivity contribution in [2.75, 3.05) is 11.5 Å². The van der Waals surface area contributed by atoms with Gasteiger partial charge in [0.25, 0.3) is 0 Å². The van der Waals surface area contributed by atoms with Crippen LogP contribution in [0.4, 0.5) is 10.6 Å². The summed E-state index contributed by atoms with van der Waals surface area (Å²) in [5.41, 5.74) is 4.99. The number of carbonyl (C=O) groups is 1. The third kappa shape index (κ3) is 6.10. The number of ether oxygens (including phenoxy) is 1. The molecule has 2 bridgehead atoms. The molecule has 1 aromatic carbocycles. The van der Waals surface area contributed by atoms with Crippen LogP contribution >= 0.6 is 11.6 Å². The lowest BCUT2D eigenvalue weighted by Gasteiger charge is -2.39. The Morgan fingerprint density at radius 2 is 1.89 bits per heavy atom. The van der Waals surface area contributed by atoms with Gasteiger partial charge >= 0.3 is 6.09 Å². The number of hydrogen-bond donors (Lipinski definition) is 2. The summed E-state index contributed by atoms with van der Waals surface area (Å²) in [7, 11) is 0.652. The number of benzene rings is 1. The lowest BCUT2D eigenvalue weighted by molar-refractivity contribution is 0.0899. The number of hydrogen-bond acceptors (Lipinski definition) is 7. The monoisotopic (exact) mass is 661 g/mol. The van der Waals surface area contributed by atoms with Crippen molar-refractivity contribution in [1.29, 1.82) is 0 Å². The SMILES string of the molecule is Cn1ccc(Cn2cc3c(Cl)c(-c4cn(COCC[Si](C)(C)C)c5nc(N6[C@@H]7CC[C@H]6CC(NC(=O)O)C7)cnc45)ccc3n2)n1. The van der Waals surface area contributed by atoms with E-state index in [1.165, 1.54) is 0 Å². The Bertz CT molecular complexity index is 1900. The summed E-state index contributed by atoms with van der Waals surface area (Å²) in [4.78, 5) is 23.9. The molecule has 242 valence electrons. The summed E-state index contributed by atoms with van der Waals surface area (Å²) >= 11 is 7.12. The zero-order chi connectivity index (χ0) is 32.2. The van der Waals surface area contributed by atoms with Crippen molar-refractivity contribution < 1.29 is 14.6 Å². The first kappa shape index (κ1) is 30.7. The van der Waals surface area contributed by atoms with E-state index in [9.17, 15) is 9.90 Å². The fourth-order valence-electron chi connectivity index (χ4n) is 6.95. The maximum Gasteiger partial charge on any atom is 0.404 e. The topological polar surface area (TPSA) is 128 Å². The van der Waals surface area contributed by atoms with E-state index in [1.807, 2.05) is 59.3 Å². The third-order valence-electron chi connectivity index (χ3n) is 9.16. The standard InChI is InChI=1S/C32H40ClN9O3Si/c1-39-10-9-20(37-39)16-41-18-26-27(38-41)8-7-24(29(26)33)25-17-40(19-45-11-12-46(2,3)4)31-30(25)34-15-28(36-31)42-22-5-6-23(42)14-21(13-22)35-32(43)44/h7-10,15,17-18,21-23,35H,5-6,11-14,16,19H2,1-4H3,(H,43,44)/t21?,22-,23+. The van der Waals surface area contributed by atoms with Gasteiger partial charge in [-0.15, -0.1) is 0 Å². The van der Waals surface area contributed by atoms with Gasteiger partial charge in [0.1, 0.15) is 18.1 Å². The Kier molecular flexibility index (Phi) is 8.02. The number of rotatable bonds is 10. The highest BCUT2D eigenvalue weighted by Gasteiger charge is 2.42. The second-order valence-electron chi connectivity index (χ2n) is 13.8. The second-order valence-corrected chi connectivity index (χ2v) is 19.8. The van der Waals surface area contributed by atoms with Crippen LogP contribution in [0.1, 0.15) is 31.4 Å². The van der Waals surface area contributed by atoms with Crippen molar-refractivity contribution in [3.05, 3.63) is 53.7 Å². The molecule has 2 aliphatic heterocycles. The highest BCUT2D eigenvalue weighted by molar-refractivity contribution is 6.76. The fourth-order valence-corrected chi connectivity index (χ4v) is 8.02. The molecular weight excluding hydrogens is 622 g/mol. The number of amides is 1. The highest BCUT2D eigenvalue weighted by Crippen LogP contribution is 2.41. The Hall–Kier alpha value is -3.94. The van der Waals surface area contributed by atoms with Gasteiger partial charge in [-0.2, -0.15) is 10.2 Å². The number of aryl methyl sites for hydroxylation is 1. The summed E-state index contributed by atoms with van der Waals surface area (Å²) in [6, 6.07) is 7.45. The summed E-state index contributed by atoms with van der Waals surface area (Å²) < 4.78 is 11.9. The molecule has 0 spiro atoms. The maximum atomic E-state index is 11.3. The van der Waals surface area contributed by atoms with Gasteiger partial charge in [0.05, 0.1) is 29.0 Å². The minimum atomic E-state index is -1.25. The van der Waals surface area contributed by atoms with Crippen LogP contribution in [0.3, 0.4) is 0 Å². The van der Waals surface area contributed by atoms with Gasteiger partial charge in [-0.3, -0.25) is 9.36 Å². The molecule has 1 unspecified atom stereocenters. The van der Waals surface area contributed by atoms with Crippen molar-refractivity contribution in [3.8, 4) is 11.1 Å². The van der Waals surface area contributed by atoms with Gasteiger partial charge in [-0.05, 0) is 43.9 Å². The van der Waals surface area contributed by atoms with Crippen LogP contribution in [-0.2, 0) is 25.1 Å². The fraction of sp³-hybridized carbons (Fsp3) is 0.469. The average Bonchev–Trinajstić information content (AvgIpc) is 3.75. The largest absolute Gasteiger partial charge is 0.465 e. The average molecular weight is 662 g/mol. The summed E-state index contributed by atoms with van der Waals surface area (Å²) in [6.45, 7) is 8.63. The first-order valence-corrected chi connectivity index (χ1v) is 20.0. The van der Waals surface area contributed by atoms with E-state index in [4.69, 9.17) is 31.4 Å². The molecule has 0 radical (unpaired) electrons. The Morgan fingerprint density at radius 1 is 1.11 bits per heavy atom. The zero-order valence-corrected chi connectivity index (χ0v) is 28.4. The molecule has 0 saturated carbocycles. The molecule has 6 heterocycles. The van der Waals surface area contributed by atoms with Crippen molar-refractivity contribution in [2.24, 2.45) is 7.05 Å². The molecule has 4 aromatic heterocycles. The minimum Gasteiger partial charge on any atom is -0.465 e. The van der Waals surface area contributed by atoms with Crippen LogP contribution in [0.5, 0.6) is 0 Å². The molecule has 1 amide bonds. The van der Waals surface area contributed by atoms with Gasteiger partial charge in [-0.1, -0.05) is 37.3 Å². The van der Waals surface area contributed by atoms with E-state index < -0.39 is 14.2 Å². The molecule has 2 aliphatic rings. The number of halogens is 1. The van der Waals surface area contributed by atoms with Crippen LogP contribution in [0.2, 0.25) is 30.7 Å². The zero-order valence-electron chi connectivity index (χ0n) is 26.6. The van der Waals surface area contributed by atoms with Crippen molar-refractivity contribution in [2.45, 2.75) is 82.8 Å². The minimum absolute atomic E-state index is 0.0384. The molecule has 7 rings (SSSR count). The highest BCUT2D eigenvalue weighted by atomic mass is 35.5. The number of anilines is 1. The van der Waals surface area contributed by atoms with Gasteiger partial charge in [0.15, 0.2) is 5.65 Å². The summed E-state index contributed by atoms with van der Waals surface area (Å²) in [5, 5.41) is 22.7. The Labute approximate surface area is 273 Å². The quantitative estimate of drug-likeness (QED) is 0.139. The van der Waals surface area contributed by atoms with Crippen LogP contribution in [-0.4, -0.2) is 78.1 Å². The molecule has 46 heavy (non-hydrogen) atoms. The lowest BCUT2D eigenvalue weighted by Crippen LogP contribution is -2.50. The molecule has 2 fully saturated rings. The van der Waals surface area contributed by atoms with Gasteiger partial charge in [0.2, 0.25) is 0 Å². The van der Waals surface area contributed by atoms with Crippen molar-refractivity contribution in [3.63, 3.8) is 0 Å². The molecule has 2 saturated heterocycles. The molecule has 12 nitrogen and oxygen atoms in total. The summed E-state index contributed by atoms with van der Waals surface area (Å²) in [6.07, 6.45) is 10.4. The normalized spacial score (nSPS) is 19.8.